The number of hydrogen-bond acceptors (Lipinski definition) is 5. The lowest BCUT2D eigenvalue weighted by Gasteiger charge is -2.17. The Kier molecular flexibility index (Phi) is 3.72. The van der Waals surface area contributed by atoms with Crippen molar-refractivity contribution in [3.05, 3.63) is 42.1 Å². The summed E-state index contributed by atoms with van der Waals surface area (Å²) in [5.41, 5.74) is 1.59. The van der Waals surface area contributed by atoms with Crippen LogP contribution in [0.5, 0.6) is 0 Å². The average molecular weight is 301 g/mol. The predicted octanol–water partition coefficient (Wildman–Crippen LogP) is 1.69. The number of fused-ring (bicyclic) bond motifs is 1. The van der Waals surface area contributed by atoms with Gasteiger partial charge >= 0.3 is 0 Å². The van der Waals surface area contributed by atoms with E-state index in [0.717, 1.165) is 5.39 Å². The Morgan fingerprint density at radius 3 is 2.77 bits per heavy atom. The summed E-state index contributed by atoms with van der Waals surface area (Å²) in [6.45, 7) is 2.29. The zero-order chi connectivity index (χ0) is 15.7. The molecule has 0 aliphatic rings. The number of rotatable bonds is 4. The number of aliphatic hydroxyl groups is 1. The molecule has 7 heteroatoms. The van der Waals surface area contributed by atoms with Gasteiger partial charge in [0, 0.05) is 13.6 Å². The quantitative estimate of drug-likeness (QED) is 0.794. The van der Waals surface area contributed by atoms with E-state index < -0.39 is 0 Å². The Labute approximate surface area is 126 Å². The minimum Gasteiger partial charge on any atom is -0.395 e. The third-order valence-corrected chi connectivity index (χ3v) is 3.50. The number of likely N-dealkylation sites (N-methyl/N-ethyl adjacent to an activating group) is 1. The largest absolute Gasteiger partial charge is 0.395 e. The summed E-state index contributed by atoms with van der Waals surface area (Å²) in [4.78, 5) is 10.4. The second-order valence-corrected chi connectivity index (χ2v) is 4.99. The molecule has 0 spiro atoms. The van der Waals surface area contributed by atoms with Crippen LogP contribution < -0.4 is 4.90 Å². The summed E-state index contributed by atoms with van der Waals surface area (Å²) in [5, 5.41) is 14.3. The van der Waals surface area contributed by atoms with Crippen LogP contribution in [0.3, 0.4) is 0 Å². The van der Waals surface area contributed by atoms with Crippen LogP contribution in [0, 0.1) is 12.7 Å². The first-order valence-corrected chi connectivity index (χ1v) is 6.90. The molecular formula is C15H16FN5O. The fourth-order valence-corrected chi connectivity index (χ4v) is 2.44. The lowest BCUT2D eigenvalue weighted by Crippen LogP contribution is -2.22. The standard InChI is InChI=1S/C15H16FN5O/c1-10-13-14(20(2)7-8-22)17-9-18-15(13)21(19-10)12-6-4-3-5-11(12)16/h3-6,9,22H,7-8H2,1-2H3. The summed E-state index contributed by atoms with van der Waals surface area (Å²) in [6, 6.07) is 6.42. The summed E-state index contributed by atoms with van der Waals surface area (Å²) < 4.78 is 15.5. The molecular weight excluding hydrogens is 285 g/mol. The smallest absolute Gasteiger partial charge is 0.168 e. The lowest BCUT2D eigenvalue weighted by molar-refractivity contribution is 0.304. The van der Waals surface area contributed by atoms with Gasteiger partial charge < -0.3 is 10.0 Å². The molecule has 0 aliphatic carbocycles. The summed E-state index contributed by atoms with van der Waals surface area (Å²) in [5.74, 6) is 0.301. The summed E-state index contributed by atoms with van der Waals surface area (Å²) >= 11 is 0. The highest BCUT2D eigenvalue weighted by molar-refractivity contribution is 5.90. The SMILES string of the molecule is Cc1nn(-c2ccccc2F)c2ncnc(N(C)CCO)c12. The van der Waals surface area contributed by atoms with Crippen molar-refractivity contribution in [2.45, 2.75) is 6.92 Å². The van der Waals surface area contributed by atoms with Gasteiger partial charge in [0.2, 0.25) is 0 Å². The molecule has 1 aromatic carbocycles. The van der Waals surface area contributed by atoms with Crippen molar-refractivity contribution in [3.8, 4) is 5.69 Å². The first-order chi connectivity index (χ1) is 10.6. The Bertz CT molecular complexity index is 817. The average Bonchev–Trinajstić information content (AvgIpc) is 2.85. The maximum Gasteiger partial charge on any atom is 0.168 e. The van der Waals surface area contributed by atoms with Gasteiger partial charge in [-0.1, -0.05) is 12.1 Å². The minimum absolute atomic E-state index is 0.0164. The molecule has 0 saturated heterocycles. The second-order valence-electron chi connectivity index (χ2n) is 4.99. The normalized spacial score (nSPS) is 11.1. The topological polar surface area (TPSA) is 67.1 Å². The van der Waals surface area contributed by atoms with E-state index in [2.05, 4.69) is 15.1 Å². The number of halogens is 1. The molecule has 0 aliphatic heterocycles. The molecule has 0 atom stereocenters. The molecule has 0 unspecified atom stereocenters. The fourth-order valence-electron chi connectivity index (χ4n) is 2.44. The molecule has 6 nitrogen and oxygen atoms in total. The van der Waals surface area contributed by atoms with Crippen molar-refractivity contribution in [3.63, 3.8) is 0 Å². The van der Waals surface area contributed by atoms with Gasteiger partial charge in [-0.15, -0.1) is 0 Å². The van der Waals surface area contributed by atoms with Crippen molar-refractivity contribution in [1.82, 2.24) is 19.7 Å². The van der Waals surface area contributed by atoms with E-state index in [9.17, 15) is 4.39 Å². The van der Waals surface area contributed by atoms with Crippen molar-refractivity contribution < 1.29 is 9.50 Å². The van der Waals surface area contributed by atoms with E-state index in [4.69, 9.17) is 5.11 Å². The molecule has 0 saturated carbocycles. The number of aliphatic hydroxyl groups excluding tert-OH is 1. The number of hydrogen-bond donors (Lipinski definition) is 1. The van der Waals surface area contributed by atoms with Crippen LogP contribution in [0.15, 0.2) is 30.6 Å². The maximum atomic E-state index is 14.0. The third kappa shape index (κ3) is 2.29. The molecule has 3 rings (SSSR count). The molecule has 0 amide bonds. The van der Waals surface area contributed by atoms with Gasteiger partial charge in [0.15, 0.2) is 5.65 Å². The Balaban J connectivity index is 2.24. The molecule has 2 heterocycles. The molecule has 2 aromatic heterocycles. The van der Waals surface area contributed by atoms with E-state index in [1.807, 2.05) is 18.9 Å². The van der Waals surface area contributed by atoms with Crippen LogP contribution in [0.2, 0.25) is 0 Å². The van der Waals surface area contributed by atoms with Crippen LogP contribution in [0.25, 0.3) is 16.7 Å². The highest BCUT2D eigenvalue weighted by atomic mass is 19.1. The zero-order valence-electron chi connectivity index (χ0n) is 12.4. The van der Waals surface area contributed by atoms with E-state index >= 15 is 0 Å². The number of benzene rings is 1. The van der Waals surface area contributed by atoms with Crippen molar-refractivity contribution in [2.75, 3.05) is 25.1 Å². The number of para-hydroxylation sites is 1. The van der Waals surface area contributed by atoms with Gasteiger partial charge in [0.1, 0.15) is 23.6 Å². The molecule has 0 radical (unpaired) electrons. The highest BCUT2D eigenvalue weighted by Gasteiger charge is 2.18. The van der Waals surface area contributed by atoms with E-state index in [0.29, 0.717) is 29.4 Å². The summed E-state index contributed by atoms with van der Waals surface area (Å²) in [6.07, 6.45) is 1.42. The molecule has 22 heavy (non-hydrogen) atoms. The molecule has 114 valence electrons. The fraction of sp³-hybridized carbons (Fsp3) is 0.267. The van der Waals surface area contributed by atoms with Gasteiger partial charge in [0.05, 0.1) is 17.7 Å². The van der Waals surface area contributed by atoms with Gasteiger partial charge in [-0.05, 0) is 19.1 Å². The van der Waals surface area contributed by atoms with Crippen molar-refractivity contribution >= 4 is 16.9 Å². The number of nitrogens with zero attached hydrogens (tertiary/aromatic N) is 5. The number of anilines is 1. The Hall–Kier alpha value is -2.54. The van der Waals surface area contributed by atoms with Gasteiger partial charge in [-0.3, -0.25) is 0 Å². The van der Waals surface area contributed by atoms with E-state index in [1.165, 1.54) is 17.1 Å². The number of aryl methyl sites for hydroxylation is 1. The van der Waals surface area contributed by atoms with Crippen molar-refractivity contribution in [1.29, 1.82) is 0 Å². The van der Waals surface area contributed by atoms with Crippen LogP contribution >= 0.6 is 0 Å². The number of aromatic nitrogens is 4. The molecule has 0 bridgehead atoms. The van der Waals surface area contributed by atoms with Gasteiger partial charge in [0.25, 0.3) is 0 Å². The van der Waals surface area contributed by atoms with Crippen molar-refractivity contribution in [2.24, 2.45) is 0 Å². The van der Waals surface area contributed by atoms with Crippen LogP contribution in [0.4, 0.5) is 10.2 Å². The minimum atomic E-state index is -0.365. The Morgan fingerprint density at radius 1 is 1.27 bits per heavy atom. The molecule has 0 fully saturated rings. The lowest BCUT2D eigenvalue weighted by atomic mass is 10.2. The highest BCUT2D eigenvalue weighted by Crippen LogP contribution is 2.27. The summed E-state index contributed by atoms with van der Waals surface area (Å²) in [7, 11) is 1.83. The predicted molar refractivity (Wildman–Crippen MR) is 81.7 cm³/mol. The van der Waals surface area contributed by atoms with Crippen LogP contribution in [0.1, 0.15) is 5.69 Å². The van der Waals surface area contributed by atoms with Gasteiger partial charge in [-0.2, -0.15) is 5.10 Å². The molecule has 1 N–H and O–H groups in total. The zero-order valence-corrected chi connectivity index (χ0v) is 12.4. The third-order valence-electron chi connectivity index (χ3n) is 3.50. The van der Waals surface area contributed by atoms with Crippen LogP contribution in [-0.2, 0) is 0 Å². The molecule has 3 aromatic rings. The van der Waals surface area contributed by atoms with Gasteiger partial charge in [-0.25, -0.2) is 19.0 Å². The maximum absolute atomic E-state index is 14.0. The first-order valence-electron chi connectivity index (χ1n) is 6.90. The Morgan fingerprint density at radius 2 is 2.05 bits per heavy atom. The van der Waals surface area contributed by atoms with Crippen LogP contribution in [-0.4, -0.2) is 45.1 Å². The second kappa shape index (κ2) is 5.69. The van der Waals surface area contributed by atoms with E-state index in [1.54, 1.807) is 18.2 Å². The van der Waals surface area contributed by atoms with E-state index in [-0.39, 0.29) is 12.4 Å². The monoisotopic (exact) mass is 301 g/mol. The first kappa shape index (κ1) is 14.4.